The summed E-state index contributed by atoms with van der Waals surface area (Å²) in [5.41, 5.74) is 3.33. The molecule has 2 aliphatic heterocycles. The summed E-state index contributed by atoms with van der Waals surface area (Å²) in [4.78, 5) is 17.4. The van der Waals surface area contributed by atoms with Crippen molar-refractivity contribution >= 4 is 21.6 Å². The molecule has 0 saturated carbocycles. The van der Waals surface area contributed by atoms with E-state index in [0.717, 1.165) is 31.9 Å². The van der Waals surface area contributed by atoms with Gasteiger partial charge in [0.25, 0.3) is 0 Å². The van der Waals surface area contributed by atoms with E-state index in [-0.39, 0.29) is 17.7 Å². The highest BCUT2D eigenvalue weighted by Crippen LogP contribution is 2.28. The van der Waals surface area contributed by atoms with E-state index in [1.54, 1.807) is 12.1 Å². The lowest BCUT2D eigenvalue weighted by atomic mass is 9.91. The van der Waals surface area contributed by atoms with Crippen molar-refractivity contribution in [3.05, 3.63) is 96.1 Å². The summed E-state index contributed by atoms with van der Waals surface area (Å²) in [6.45, 7) is 4.74. The van der Waals surface area contributed by atoms with Crippen LogP contribution in [0.3, 0.4) is 0 Å². The van der Waals surface area contributed by atoms with E-state index < -0.39 is 10.0 Å². The first kappa shape index (κ1) is 27.4. The molecule has 0 aromatic heterocycles. The predicted octanol–water partition coefficient (Wildman–Crippen LogP) is 4.11. The normalized spacial score (nSPS) is 17.8. The summed E-state index contributed by atoms with van der Waals surface area (Å²) in [6, 6.07) is 27.8. The van der Waals surface area contributed by atoms with Crippen LogP contribution in [0.5, 0.6) is 0 Å². The largest absolute Gasteiger partial charge is 0.384 e. The molecule has 8 heteroatoms. The van der Waals surface area contributed by atoms with Crippen LogP contribution in [0.2, 0.25) is 0 Å². The minimum absolute atomic E-state index is 0.0893. The second-order valence-electron chi connectivity index (χ2n) is 10.6. The van der Waals surface area contributed by atoms with Crippen LogP contribution in [-0.4, -0.2) is 81.3 Å². The Labute approximate surface area is 232 Å². The molecule has 1 N–H and O–H groups in total. The second-order valence-corrected chi connectivity index (χ2v) is 12.5. The fourth-order valence-corrected chi connectivity index (χ4v) is 7.01. The third kappa shape index (κ3) is 6.52. The number of amides is 1. The van der Waals surface area contributed by atoms with Gasteiger partial charge in [0, 0.05) is 63.3 Å². The molecule has 0 bridgehead atoms. The highest BCUT2D eigenvalue weighted by molar-refractivity contribution is 7.89. The lowest BCUT2D eigenvalue weighted by Crippen LogP contribution is -2.50. The number of rotatable bonds is 8. The van der Waals surface area contributed by atoms with Gasteiger partial charge in [0.1, 0.15) is 0 Å². The average molecular weight is 547 g/mol. The molecule has 3 aromatic rings. The Morgan fingerprint density at radius 3 is 1.87 bits per heavy atom. The van der Waals surface area contributed by atoms with Gasteiger partial charge in [-0.2, -0.15) is 4.31 Å². The molecule has 7 nitrogen and oxygen atoms in total. The van der Waals surface area contributed by atoms with Crippen LogP contribution in [0.25, 0.3) is 0 Å². The molecule has 39 heavy (non-hydrogen) atoms. The van der Waals surface area contributed by atoms with E-state index in [1.807, 2.05) is 29.2 Å². The van der Waals surface area contributed by atoms with Crippen LogP contribution in [-0.2, 0) is 14.8 Å². The van der Waals surface area contributed by atoms with Crippen molar-refractivity contribution in [2.75, 3.05) is 58.2 Å². The monoisotopic (exact) mass is 546 g/mol. The first-order valence-electron chi connectivity index (χ1n) is 13.8. The van der Waals surface area contributed by atoms with Gasteiger partial charge in [-0.05, 0) is 55.3 Å². The van der Waals surface area contributed by atoms with E-state index in [1.165, 1.54) is 15.4 Å². The average Bonchev–Trinajstić information content (AvgIpc) is 2.99. The highest BCUT2D eigenvalue weighted by Gasteiger charge is 2.34. The number of anilines is 1. The summed E-state index contributed by atoms with van der Waals surface area (Å²) in [6.07, 6.45) is 1.15. The quantitative estimate of drug-likeness (QED) is 0.461. The number of piperidine rings is 1. The van der Waals surface area contributed by atoms with Gasteiger partial charge in [0.2, 0.25) is 15.9 Å². The molecule has 2 fully saturated rings. The summed E-state index contributed by atoms with van der Waals surface area (Å²) in [5, 5.41) is 3.50. The van der Waals surface area contributed by atoms with Crippen molar-refractivity contribution < 1.29 is 13.2 Å². The van der Waals surface area contributed by atoms with Crippen LogP contribution < -0.4 is 5.32 Å². The zero-order valence-corrected chi connectivity index (χ0v) is 23.4. The molecule has 2 saturated heterocycles. The summed E-state index contributed by atoms with van der Waals surface area (Å²) in [5.74, 6) is 0.263. The number of benzene rings is 3. The number of hydrogen-bond donors (Lipinski definition) is 1. The maximum atomic E-state index is 13.4. The molecule has 1 amide bonds. The molecule has 2 aliphatic rings. The van der Waals surface area contributed by atoms with Gasteiger partial charge in [-0.3, -0.25) is 4.79 Å². The molecule has 0 unspecified atom stereocenters. The number of carbonyl (C=O) groups excluding carboxylic acids is 1. The third-order valence-corrected chi connectivity index (χ3v) is 9.94. The topological polar surface area (TPSA) is 73.0 Å². The van der Waals surface area contributed by atoms with Gasteiger partial charge in [-0.1, -0.05) is 60.7 Å². The first-order valence-corrected chi connectivity index (χ1v) is 15.3. The standard InChI is InChI=1S/C31H38N4O3S/c1-33-20-22-34(23-21-33)31(36)27-16-18-35(19-17-27)39(37,38)29-14-12-28(13-15-29)32-24-30(25-8-4-2-5-9-25)26-10-6-3-7-11-26/h2-15,27,30,32H,16-24H2,1H3. The van der Waals surface area contributed by atoms with E-state index in [0.29, 0.717) is 37.4 Å². The molecule has 3 aromatic carbocycles. The van der Waals surface area contributed by atoms with Crippen molar-refractivity contribution in [1.29, 1.82) is 0 Å². The van der Waals surface area contributed by atoms with Gasteiger partial charge in [0.05, 0.1) is 4.90 Å². The maximum absolute atomic E-state index is 13.4. The van der Waals surface area contributed by atoms with Gasteiger partial charge in [0.15, 0.2) is 0 Å². The van der Waals surface area contributed by atoms with Gasteiger partial charge in [-0.25, -0.2) is 8.42 Å². The van der Waals surface area contributed by atoms with Crippen LogP contribution in [0.15, 0.2) is 89.8 Å². The lowest BCUT2D eigenvalue weighted by molar-refractivity contribution is -0.138. The zero-order valence-electron chi connectivity index (χ0n) is 22.6. The van der Waals surface area contributed by atoms with E-state index >= 15 is 0 Å². The Bertz CT molecular complexity index is 1280. The fraction of sp³-hybridized carbons (Fsp3) is 0.387. The number of nitrogens with zero attached hydrogens (tertiary/aromatic N) is 3. The van der Waals surface area contributed by atoms with Crippen molar-refractivity contribution in [2.45, 2.75) is 23.7 Å². The Hall–Kier alpha value is -3.20. The van der Waals surface area contributed by atoms with Crippen LogP contribution in [0, 0.1) is 5.92 Å². The lowest BCUT2D eigenvalue weighted by Gasteiger charge is -2.37. The van der Waals surface area contributed by atoms with Gasteiger partial charge < -0.3 is 15.1 Å². The zero-order chi connectivity index (χ0) is 27.2. The number of carbonyl (C=O) groups is 1. The fourth-order valence-electron chi connectivity index (χ4n) is 5.54. The van der Waals surface area contributed by atoms with E-state index in [4.69, 9.17) is 0 Å². The third-order valence-electron chi connectivity index (χ3n) is 8.02. The molecular formula is C31H38N4O3S. The van der Waals surface area contributed by atoms with Crippen molar-refractivity contribution in [3.8, 4) is 0 Å². The smallest absolute Gasteiger partial charge is 0.243 e. The maximum Gasteiger partial charge on any atom is 0.243 e. The van der Waals surface area contributed by atoms with Crippen LogP contribution >= 0.6 is 0 Å². The SMILES string of the molecule is CN1CCN(C(=O)C2CCN(S(=O)(=O)c3ccc(NCC(c4ccccc4)c4ccccc4)cc3)CC2)CC1. The predicted molar refractivity (Wildman–Crippen MR) is 155 cm³/mol. The Morgan fingerprint density at radius 1 is 0.795 bits per heavy atom. The van der Waals surface area contributed by atoms with Gasteiger partial charge >= 0.3 is 0 Å². The molecule has 0 spiro atoms. The molecule has 206 valence electrons. The van der Waals surface area contributed by atoms with E-state index in [9.17, 15) is 13.2 Å². The minimum Gasteiger partial charge on any atom is -0.384 e. The number of piperazine rings is 1. The molecule has 0 aliphatic carbocycles. The number of likely N-dealkylation sites (N-methyl/N-ethyl adjacent to an activating group) is 1. The summed E-state index contributed by atoms with van der Waals surface area (Å²) in [7, 11) is -1.53. The Morgan fingerprint density at radius 2 is 1.33 bits per heavy atom. The number of nitrogens with one attached hydrogen (secondary N) is 1. The molecule has 0 atom stereocenters. The first-order chi connectivity index (χ1) is 18.9. The Kier molecular flexibility index (Phi) is 8.65. The minimum atomic E-state index is -3.60. The summed E-state index contributed by atoms with van der Waals surface area (Å²) >= 11 is 0. The highest BCUT2D eigenvalue weighted by atomic mass is 32.2. The summed E-state index contributed by atoms with van der Waals surface area (Å²) < 4.78 is 28.2. The second kappa shape index (κ2) is 12.3. The Balaban J connectivity index is 1.19. The number of hydrogen-bond acceptors (Lipinski definition) is 5. The van der Waals surface area contributed by atoms with Crippen LogP contribution in [0.4, 0.5) is 5.69 Å². The molecule has 5 rings (SSSR count). The van der Waals surface area contributed by atoms with Crippen molar-refractivity contribution in [1.82, 2.24) is 14.1 Å². The molecule has 2 heterocycles. The van der Waals surface area contributed by atoms with Crippen LogP contribution in [0.1, 0.15) is 29.9 Å². The van der Waals surface area contributed by atoms with Crippen molar-refractivity contribution in [2.24, 2.45) is 5.92 Å². The van der Waals surface area contributed by atoms with Crippen molar-refractivity contribution in [3.63, 3.8) is 0 Å². The van der Waals surface area contributed by atoms with E-state index in [2.05, 4.69) is 65.8 Å². The van der Waals surface area contributed by atoms with Gasteiger partial charge in [-0.15, -0.1) is 0 Å². The molecule has 0 radical (unpaired) electrons. The molecular weight excluding hydrogens is 508 g/mol. The number of sulfonamides is 1.